The van der Waals surface area contributed by atoms with Gasteiger partial charge in [0.05, 0.1) is 27.1 Å². The van der Waals surface area contributed by atoms with Crippen LogP contribution in [0.4, 0.5) is 5.69 Å². The monoisotopic (exact) mass is 362 g/mol. The molecule has 2 aromatic carbocycles. The van der Waals surface area contributed by atoms with Crippen LogP contribution in [0.5, 0.6) is 0 Å². The SMILES string of the molecule is O=c1c2ccccc2ncn1/N=C\c1cc([N+](=O)[O-])c(Cl)cc1Cl. The molecule has 1 aromatic heterocycles. The Morgan fingerprint density at radius 2 is 1.96 bits per heavy atom. The van der Waals surface area contributed by atoms with Crippen LogP contribution in [0.1, 0.15) is 5.56 Å². The summed E-state index contributed by atoms with van der Waals surface area (Å²) in [6, 6.07) is 9.28. The first-order chi connectivity index (χ1) is 11.5. The molecule has 0 aliphatic carbocycles. The molecule has 0 saturated heterocycles. The molecule has 0 fully saturated rings. The first-order valence-corrected chi connectivity index (χ1v) is 7.37. The molecule has 0 unspecified atom stereocenters. The number of nitro groups is 1. The van der Waals surface area contributed by atoms with Crippen molar-refractivity contribution in [3.63, 3.8) is 0 Å². The van der Waals surface area contributed by atoms with Crippen LogP contribution in [0.2, 0.25) is 10.0 Å². The zero-order valence-corrected chi connectivity index (χ0v) is 13.4. The van der Waals surface area contributed by atoms with Crippen molar-refractivity contribution in [3.8, 4) is 0 Å². The maximum Gasteiger partial charge on any atom is 0.288 e. The van der Waals surface area contributed by atoms with Gasteiger partial charge in [0.1, 0.15) is 11.3 Å². The minimum atomic E-state index is -0.625. The maximum atomic E-state index is 12.3. The molecule has 0 bridgehead atoms. The van der Waals surface area contributed by atoms with Crippen molar-refractivity contribution in [1.82, 2.24) is 9.66 Å². The summed E-state index contributed by atoms with van der Waals surface area (Å²) in [7, 11) is 0. The highest BCUT2D eigenvalue weighted by atomic mass is 35.5. The number of halogens is 2. The van der Waals surface area contributed by atoms with E-state index in [4.69, 9.17) is 23.2 Å². The summed E-state index contributed by atoms with van der Waals surface area (Å²) in [6.07, 6.45) is 2.50. The molecule has 0 amide bonds. The van der Waals surface area contributed by atoms with Crippen molar-refractivity contribution in [1.29, 1.82) is 0 Å². The van der Waals surface area contributed by atoms with Crippen LogP contribution in [0.3, 0.4) is 0 Å². The third kappa shape index (κ3) is 2.99. The fraction of sp³-hybridized carbons (Fsp3) is 0. The zero-order valence-electron chi connectivity index (χ0n) is 11.9. The predicted molar refractivity (Wildman–Crippen MR) is 92.1 cm³/mol. The number of aromatic nitrogens is 2. The van der Waals surface area contributed by atoms with E-state index in [2.05, 4.69) is 10.1 Å². The van der Waals surface area contributed by atoms with Gasteiger partial charge in [-0.15, -0.1) is 0 Å². The first-order valence-electron chi connectivity index (χ1n) is 6.61. The van der Waals surface area contributed by atoms with Gasteiger partial charge in [-0.2, -0.15) is 9.78 Å². The molecule has 0 atom stereocenters. The fourth-order valence-electron chi connectivity index (χ4n) is 2.06. The second kappa shape index (κ2) is 6.38. The number of nitro benzene ring substituents is 1. The third-order valence-electron chi connectivity index (χ3n) is 3.23. The van der Waals surface area contributed by atoms with E-state index in [0.29, 0.717) is 10.9 Å². The van der Waals surface area contributed by atoms with E-state index in [1.807, 2.05) is 0 Å². The number of para-hydroxylation sites is 1. The standard InChI is InChI=1S/C15H8Cl2N4O3/c16-11-6-12(17)14(21(23)24)5-9(11)7-19-20-8-18-13-4-2-1-3-10(13)15(20)22/h1-8H/b19-7-. The van der Waals surface area contributed by atoms with Crippen molar-refractivity contribution < 1.29 is 4.92 Å². The van der Waals surface area contributed by atoms with Gasteiger partial charge in [0.2, 0.25) is 0 Å². The Kier molecular flexibility index (Phi) is 4.28. The Hall–Kier alpha value is -2.77. The lowest BCUT2D eigenvalue weighted by Crippen LogP contribution is -2.17. The van der Waals surface area contributed by atoms with Crippen LogP contribution in [0.25, 0.3) is 10.9 Å². The Bertz CT molecular complexity index is 1050. The average molecular weight is 363 g/mol. The predicted octanol–water partition coefficient (Wildman–Crippen LogP) is 3.49. The summed E-state index contributed by atoms with van der Waals surface area (Å²) < 4.78 is 1.03. The van der Waals surface area contributed by atoms with Crippen LogP contribution in [-0.4, -0.2) is 20.8 Å². The molecule has 1 heterocycles. The minimum absolute atomic E-state index is 0.0771. The molecule has 7 nitrogen and oxygen atoms in total. The van der Waals surface area contributed by atoms with E-state index in [9.17, 15) is 14.9 Å². The lowest BCUT2D eigenvalue weighted by Gasteiger charge is -2.02. The molecule has 0 spiro atoms. The van der Waals surface area contributed by atoms with Gasteiger partial charge in [-0.3, -0.25) is 14.9 Å². The molecule has 0 aliphatic heterocycles. The number of rotatable bonds is 3. The number of benzene rings is 2. The summed E-state index contributed by atoms with van der Waals surface area (Å²) in [6.45, 7) is 0. The summed E-state index contributed by atoms with van der Waals surface area (Å²) in [5, 5.41) is 15.4. The highest BCUT2D eigenvalue weighted by molar-refractivity contribution is 6.37. The smallest absolute Gasteiger partial charge is 0.267 e. The molecule has 120 valence electrons. The largest absolute Gasteiger partial charge is 0.288 e. The van der Waals surface area contributed by atoms with E-state index in [1.54, 1.807) is 24.3 Å². The van der Waals surface area contributed by atoms with Crippen LogP contribution >= 0.6 is 23.2 Å². The van der Waals surface area contributed by atoms with Crippen LogP contribution < -0.4 is 5.56 Å². The maximum absolute atomic E-state index is 12.3. The Morgan fingerprint density at radius 1 is 1.21 bits per heavy atom. The van der Waals surface area contributed by atoms with Gasteiger partial charge in [0.25, 0.3) is 11.2 Å². The Balaban J connectivity index is 2.06. The molecule has 24 heavy (non-hydrogen) atoms. The van der Waals surface area contributed by atoms with Gasteiger partial charge in [0, 0.05) is 11.6 Å². The lowest BCUT2D eigenvalue weighted by atomic mass is 10.2. The lowest BCUT2D eigenvalue weighted by molar-refractivity contribution is -0.384. The first kappa shape index (κ1) is 16.1. The van der Waals surface area contributed by atoms with Crippen LogP contribution in [0, 0.1) is 10.1 Å². The van der Waals surface area contributed by atoms with Gasteiger partial charge in [-0.05, 0) is 18.2 Å². The molecule has 0 aliphatic rings. The number of fused-ring (bicyclic) bond motifs is 1. The van der Waals surface area contributed by atoms with Crippen LogP contribution in [0.15, 0.2) is 52.6 Å². The van der Waals surface area contributed by atoms with Gasteiger partial charge in [-0.1, -0.05) is 35.3 Å². The molecule has 9 heteroatoms. The van der Waals surface area contributed by atoms with E-state index in [0.717, 1.165) is 4.68 Å². The molecule has 0 N–H and O–H groups in total. The average Bonchev–Trinajstić information content (AvgIpc) is 2.55. The normalized spacial score (nSPS) is 11.2. The van der Waals surface area contributed by atoms with E-state index >= 15 is 0 Å². The highest BCUT2D eigenvalue weighted by Crippen LogP contribution is 2.29. The van der Waals surface area contributed by atoms with Crippen molar-refractivity contribution >= 4 is 46.0 Å². The molecule has 3 aromatic rings. The molecular weight excluding hydrogens is 355 g/mol. The second-order valence-electron chi connectivity index (χ2n) is 4.74. The zero-order chi connectivity index (χ0) is 17.3. The molecule has 0 saturated carbocycles. The van der Waals surface area contributed by atoms with Crippen molar-refractivity contribution in [2.75, 3.05) is 0 Å². The fourth-order valence-corrected chi connectivity index (χ4v) is 2.56. The van der Waals surface area contributed by atoms with Crippen molar-refractivity contribution in [2.45, 2.75) is 0 Å². The quantitative estimate of drug-likeness (QED) is 0.405. The van der Waals surface area contributed by atoms with Crippen molar-refractivity contribution in [3.05, 3.63) is 78.8 Å². The minimum Gasteiger partial charge on any atom is -0.267 e. The summed E-state index contributed by atoms with van der Waals surface area (Å²) in [5.41, 5.74) is 0.143. The summed E-state index contributed by atoms with van der Waals surface area (Å²) >= 11 is 11.8. The number of hydrogen-bond acceptors (Lipinski definition) is 5. The second-order valence-corrected chi connectivity index (χ2v) is 5.55. The van der Waals surface area contributed by atoms with Gasteiger partial charge < -0.3 is 0 Å². The van der Waals surface area contributed by atoms with Gasteiger partial charge >= 0.3 is 0 Å². The molecule has 3 rings (SSSR count). The van der Waals surface area contributed by atoms with E-state index in [1.165, 1.54) is 24.7 Å². The highest BCUT2D eigenvalue weighted by Gasteiger charge is 2.15. The summed E-state index contributed by atoms with van der Waals surface area (Å²) in [5.74, 6) is 0. The Labute approximate surface area is 144 Å². The number of hydrogen-bond donors (Lipinski definition) is 0. The number of nitrogens with zero attached hydrogens (tertiary/aromatic N) is 4. The van der Waals surface area contributed by atoms with E-state index in [-0.39, 0.29) is 26.9 Å². The third-order valence-corrected chi connectivity index (χ3v) is 3.86. The van der Waals surface area contributed by atoms with Gasteiger partial charge in [-0.25, -0.2) is 4.98 Å². The molecule has 0 radical (unpaired) electrons. The van der Waals surface area contributed by atoms with Crippen molar-refractivity contribution in [2.24, 2.45) is 5.10 Å². The summed E-state index contributed by atoms with van der Waals surface area (Å²) in [4.78, 5) is 26.7. The van der Waals surface area contributed by atoms with E-state index < -0.39 is 4.92 Å². The van der Waals surface area contributed by atoms with Crippen LogP contribution in [-0.2, 0) is 0 Å². The topological polar surface area (TPSA) is 90.4 Å². The van der Waals surface area contributed by atoms with Gasteiger partial charge in [0.15, 0.2) is 0 Å². The Morgan fingerprint density at radius 3 is 2.71 bits per heavy atom. The molecular formula is C15H8Cl2N4O3.